The molecule has 34 heavy (non-hydrogen) atoms. The third-order valence-corrected chi connectivity index (χ3v) is 6.28. The van der Waals surface area contributed by atoms with Crippen molar-refractivity contribution < 1.29 is 23.0 Å². The van der Waals surface area contributed by atoms with Gasteiger partial charge in [0, 0.05) is 25.8 Å². The average molecular weight is 494 g/mol. The Bertz CT molecular complexity index is 1120. The maximum absolute atomic E-state index is 15.3. The zero-order valence-corrected chi connectivity index (χ0v) is 19.7. The second-order valence-corrected chi connectivity index (χ2v) is 8.59. The molecule has 4 rings (SSSR count). The monoisotopic (exact) mass is 493 g/mol. The Balaban J connectivity index is 1.73. The normalized spacial score (nSPS) is 18.9. The zero-order chi connectivity index (χ0) is 24.1. The highest BCUT2D eigenvalue weighted by molar-refractivity contribution is 6.33. The molecule has 3 aromatic rings. The van der Waals surface area contributed by atoms with Crippen LogP contribution in [-0.4, -0.2) is 59.8 Å². The van der Waals surface area contributed by atoms with Gasteiger partial charge in [0.05, 0.1) is 36.9 Å². The van der Waals surface area contributed by atoms with E-state index in [-0.39, 0.29) is 16.4 Å². The Kier molecular flexibility index (Phi) is 7.72. The fraction of sp³-hybridized carbons (Fsp3) is 0.435. The molecule has 0 spiro atoms. The van der Waals surface area contributed by atoms with Gasteiger partial charge in [0.15, 0.2) is 5.82 Å². The Morgan fingerprint density at radius 2 is 2.12 bits per heavy atom. The number of aromatic nitrogens is 4. The van der Waals surface area contributed by atoms with E-state index in [1.807, 2.05) is 6.07 Å². The molecule has 2 unspecified atom stereocenters. The van der Waals surface area contributed by atoms with Crippen LogP contribution in [0.15, 0.2) is 36.4 Å². The van der Waals surface area contributed by atoms with E-state index in [9.17, 15) is 4.39 Å². The lowest BCUT2D eigenvalue weighted by Gasteiger charge is -2.33. The molecular formula is C23H26ClF2N5O3. The van der Waals surface area contributed by atoms with Crippen LogP contribution in [0.3, 0.4) is 0 Å². The van der Waals surface area contributed by atoms with Crippen molar-refractivity contribution in [1.29, 1.82) is 0 Å². The van der Waals surface area contributed by atoms with Gasteiger partial charge in [-0.15, -0.1) is 5.10 Å². The van der Waals surface area contributed by atoms with Gasteiger partial charge in [-0.05, 0) is 53.1 Å². The molecule has 8 nitrogen and oxygen atoms in total. The summed E-state index contributed by atoms with van der Waals surface area (Å²) < 4.78 is 46.8. The minimum atomic E-state index is -0.832. The summed E-state index contributed by atoms with van der Waals surface area (Å²) in [7, 11) is 3.06. The number of aryl methyl sites for hydroxylation is 2. The van der Waals surface area contributed by atoms with Crippen LogP contribution < -0.4 is 10.1 Å². The van der Waals surface area contributed by atoms with Crippen LogP contribution in [-0.2, 0) is 22.4 Å². The molecule has 2 heterocycles. The highest BCUT2D eigenvalue weighted by Gasteiger charge is 2.40. The van der Waals surface area contributed by atoms with Crippen molar-refractivity contribution in [2.75, 3.05) is 34.0 Å². The molecule has 11 heteroatoms. The summed E-state index contributed by atoms with van der Waals surface area (Å²) in [5.41, 5.74) is 0.347. The van der Waals surface area contributed by atoms with Crippen molar-refractivity contribution in [2.24, 2.45) is 0 Å². The maximum atomic E-state index is 15.3. The van der Waals surface area contributed by atoms with Gasteiger partial charge in [-0.2, -0.15) is 0 Å². The summed E-state index contributed by atoms with van der Waals surface area (Å²) in [6, 6.07) is 8.25. The third-order valence-electron chi connectivity index (χ3n) is 5.89. The third kappa shape index (κ3) is 5.20. The minimum Gasteiger partial charge on any atom is -0.495 e. The number of hydrogen-bond acceptors (Lipinski definition) is 7. The standard InChI is InChI=1S/C23H26ClF2N5O3/c1-32-13-23(9-11-34-14-23)27-21(19-17(26)6-7-18(33-2)20(19)24)22-28-29-30-31(22)10-8-15-4-3-5-16(25)12-15/h3-7,12,21,27H,8-11,13-14H2,1-2H3. The van der Waals surface area contributed by atoms with Crippen LogP contribution >= 0.6 is 11.6 Å². The van der Waals surface area contributed by atoms with Gasteiger partial charge in [0.1, 0.15) is 17.4 Å². The quantitative estimate of drug-likeness (QED) is 0.464. The van der Waals surface area contributed by atoms with Gasteiger partial charge in [-0.1, -0.05) is 23.7 Å². The first-order valence-corrected chi connectivity index (χ1v) is 11.2. The van der Waals surface area contributed by atoms with Crippen LogP contribution in [0.1, 0.15) is 29.4 Å². The number of nitrogens with one attached hydrogen (secondary N) is 1. The van der Waals surface area contributed by atoms with E-state index in [2.05, 4.69) is 20.8 Å². The van der Waals surface area contributed by atoms with Crippen LogP contribution in [0.2, 0.25) is 5.02 Å². The first kappa shape index (κ1) is 24.5. The van der Waals surface area contributed by atoms with E-state index in [0.29, 0.717) is 50.8 Å². The smallest absolute Gasteiger partial charge is 0.173 e. The molecule has 1 aliphatic rings. The summed E-state index contributed by atoms with van der Waals surface area (Å²) >= 11 is 6.59. The van der Waals surface area contributed by atoms with Crippen molar-refractivity contribution in [3.8, 4) is 5.75 Å². The SMILES string of the molecule is COCC1(NC(c2c(F)ccc(OC)c2Cl)c2nnnn2CCc2cccc(F)c2)CCOC1. The summed E-state index contributed by atoms with van der Waals surface area (Å²) in [6.07, 6.45) is 1.12. The molecule has 2 atom stereocenters. The maximum Gasteiger partial charge on any atom is 0.173 e. The van der Waals surface area contributed by atoms with E-state index in [1.54, 1.807) is 17.9 Å². The first-order chi connectivity index (χ1) is 16.5. The fourth-order valence-electron chi connectivity index (χ4n) is 4.20. The second-order valence-electron chi connectivity index (χ2n) is 8.21. The van der Waals surface area contributed by atoms with Crippen molar-refractivity contribution in [3.05, 3.63) is 70.0 Å². The molecule has 1 aliphatic heterocycles. The van der Waals surface area contributed by atoms with Crippen LogP contribution in [0, 0.1) is 11.6 Å². The molecule has 0 amide bonds. The van der Waals surface area contributed by atoms with Crippen molar-refractivity contribution in [2.45, 2.75) is 31.0 Å². The van der Waals surface area contributed by atoms with Crippen molar-refractivity contribution in [3.63, 3.8) is 0 Å². The van der Waals surface area contributed by atoms with Gasteiger partial charge in [-0.3, -0.25) is 5.32 Å². The Labute approximate surface area is 201 Å². The molecule has 1 saturated heterocycles. The molecule has 1 N–H and O–H groups in total. The Morgan fingerprint density at radius 1 is 1.26 bits per heavy atom. The summed E-state index contributed by atoms with van der Waals surface area (Å²) in [5.74, 6) is -0.170. The summed E-state index contributed by atoms with van der Waals surface area (Å²) in [6.45, 7) is 1.58. The molecule has 1 fully saturated rings. The fourth-order valence-corrected chi connectivity index (χ4v) is 4.54. The number of ether oxygens (including phenoxy) is 3. The number of halogens is 3. The van der Waals surface area contributed by atoms with Gasteiger partial charge in [0.25, 0.3) is 0 Å². The molecule has 182 valence electrons. The molecule has 1 aromatic heterocycles. The number of tetrazole rings is 1. The van der Waals surface area contributed by atoms with E-state index >= 15 is 4.39 Å². The summed E-state index contributed by atoms with van der Waals surface area (Å²) in [4.78, 5) is 0. The van der Waals surface area contributed by atoms with Crippen LogP contribution in [0.5, 0.6) is 5.75 Å². The number of methoxy groups -OCH3 is 2. The summed E-state index contributed by atoms with van der Waals surface area (Å²) in [5, 5.41) is 15.7. The van der Waals surface area contributed by atoms with E-state index in [4.69, 9.17) is 25.8 Å². The predicted octanol–water partition coefficient (Wildman–Crippen LogP) is 3.34. The van der Waals surface area contributed by atoms with E-state index < -0.39 is 17.4 Å². The average Bonchev–Trinajstić information content (AvgIpc) is 3.47. The first-order valence-electron chi connectivity index (χ1n) is 10.8. The van der Waals surface area contributed by atoms with Crippen molar-refractivity contribution >= 4 is 11.6 Å². The Hall–Kier alpha value is -2.66. The van der Waals surface area contributed by atoms with Gasteiger partial charge < -0.3 is 14.2 Å². The molecule has 2 aromatic carbocycles. The van der Waals surface area contributed by atoms with Crippen LogP contribution in [0.25, 0.3) is 0 Å². The molecule has 0 bridgehead atoms. The predicted molar refractivity (Wildman–Crippen MR) is 121 cm³/mol. The number of nitrogens with zero attached hydrogens (tertiary/aromatic N) is 4. The Morgan fingerprint density at radius 3 is 2.82 bits per heavy atom. The largest absolute Gasteiger partial charge is 0.495 e. The van der Waals surface area contributed by atoms with Gasteiger partial charge >= 0.3 is 0 Å². The number of hydrogen-bond donors (Lipinski definition) is 1. The molecular weight excluding hydrogens is 468 g/mol. The highest BCUT2D eigenvalue weighted by Crippen LogP contribution is 2.38. The van der Waals surface area contributed by atoms with E-state index in [0.717, 1.165) is 5.56 Å². The van der Waals surface area contributed by atoms with Gasteiger partial charge in [0.2, 0.25) is 0 Å². The molecule has 0 radical (unpaired) electrons. The lowest BCUT2D eigenvalue weighted by molar-refractivity contribution is 0.0838. The number of rotatable bonds is 10. The topological polar surface area (TPSA) is 83.3 Å². The lowest BCUT2D eigenvalue weighted by atomic mass is 9.95. The lowest BCUT2D eigenvalue weighted by Crippen LogP contribution is -2.52. The van der Waals surface area contributed by atoms with E-state index in [1.165, 1.54) is 31.4 Å². The number of benzene rings is 2. The van der Waals surface area contributed by atoms with Crippen molar-refractivity contribution in [1.82, 2.24) is 25.5 Å². The van der Waals surface area contributed by atoms with Gasteiger partial charge in [-0.25, -0.2) is 13.5 Å². The van der Waals surface area contributed by atoms with Crippen LogP contribution in [0.4, 0.5) is 8.78 Å². The molecule has 0 saturated carbocycles. The second kappa shape index (κ2) is 10.7. The minimum absolute atomic E-state index is 0.117. The molecule has 0 aliphatic carbocycles. The highest BCUT2D eigenvalue weighted by atomic mass is 35.5. The zero-order valence-electron chi connectivity index (χ0n) is 18.9.